The van der Waals surface area contributed by atoms with Crippen LogP contribution in [0.15, 0.2) is 48.9 Å². The smallest absolute Gasteiger partial charge is 0.148 e. The summed E-state index contributed by atoms with van der Waals surface area (Å²) in [6.07, 6.45) is 5.21. The molecule has 0 radical (unpaired) electrons. The molecule has 11 heteroatoms. The van der Waals surface area contributed by atoms with E-state index in [-0.39, 0.29) is 0 Å². The summed E-state index contributed by atoms with van der Waals surface area (Å²) in [6.45, 7) is 14.1. The van der Waals surface area contributed by atoms with E-state index in [1.807, 2.05) is 37.4 Å². The van der Waals surface area contributed by atoms with Gasteiger partial charge in [-0.25, -0.2) is 9.97 Å². The van der Waals surface area contributed by atoms with Crippen LogP contribution in [0, 0.1) is 6.92 Å². The van der Waals surface area contributed by atoms with Gasteiger partial charge >= 0.3 is 0 Å². The summed E-state index contributed by atoms with van der Waals surface area (Å²) >= 11 is 6.78. The molecule has 210 valence electrons. The molecule has 0 bridgehead atoms. The van der Waals surface area contributed by atoms with Crippen LogP contribution < -0.4 is 4.74 Å². The van der Waals surface area contributed by atoms with E-state index in [1.54, 1.807) is 37.0 Å². The molecule has 0 aliphatic heterocycles. The standard InChI is InChI=1S/C29H35ClN6O3Si/c1-19-33-23-13-21(7-9-25(23)36(19)18-38-11-12-40(4,5)6)39-26-10-8-22-28(27(26)30)34-24(15-31-22)20-14-32-35(16-20)17-29(2,3)37/h7-10,13-16,37H,11-12,17-18H2,1-6H3. The maximum absolute atomic E-state index is 10.1. The molecule has 0 aliphatic rings. The highest BCUT2D eigenvalue weighted by molar-refractivity contribution is 6.76. The van der Waals surface area contributed by atoms with E-state index in [9.17, 15) is 5.11 Å². The van der Waals surface area contributed by atoms with E-state index in [1.165, 1.54) is 0 Å². The molecular weight excluding hydrogens is 544 g/mol. The van der Waals surface area contributed by atoms with Crippen LogP contribution in [0.2, 0.25) is 30.7 Å². The fraction of sp³-hybridized carbons (Fsp3) is 0.379. The van der Waals surface area contributed by atoms with Crippen LogP contribution in [-0.4, -0.2) is 54.7 Å². The largest absolute Gasteiger partial charge is 0.456 e. The van der Waals surface area contributed by atoms with Crippen molar-refractivity contribution in [3.8, 4) is 22.8 Å². The molecule has 9 nitrogen and oxygen atoms in total. The summed E-state index contributed by atoms with van der Waals surface area (Å²) in [6, 6.07) is 10.6. The predicted octanol–water partition coefficient (Wildman–Crippen LogP) is 6.68. The topological polar surface area (TPSA) is 100 Å². The van der Waals surface area contributed by atoms with Crippen LogP contribution in [-0.2, 0) is 18.0 Å². The number of ether oxygens (including phenoxy) is 2. The third-order valence-corrected chi connectivity index (χ3v) is 8.52. The molecule has 5 aromatic rings. The quantitative estimate of drug-likeness (QED) is 0.146. The SMILES string of the molecule is Cc1nc2cc(Oc3ccc4ncc(-c5cnn(CC(C)(C)O)c5)nc4c3Cl)ccc2n1COCC[Si](C)(C)C. The Bertz CT molecular complexity index is 1670. The van der Waals surface area contributed by atoms with Crippen molar-refractivity contribution < 1.29 is 14.6 Å². The molecule has 0 amide bonds. The molecular formula is C29H35ClN6O3Si. The summed E-state index contributed by atoms with van der Waals surface area (Å²) in [5.41, 5.74) is 3.53. The zero-order valence-corrected chi connectivity index (χ0v) is 25.5. The number of benzene rings is 2. The molecule has 40 heavy (non-hydrogen) atoms. The minimum absolute atomic E-state index is 0.362. The highest BCUT2D eigenvalue weighted by Crippen LogP contribution is 2.36. The summed E-state index contributed by atoms with van der Waals surface area (Å²) in [4.78, 5) is 14.0. The second-order valence-electron chi connectivity index (χ2n) is 11.9. The van der Waals surface area contributed by atoms with Crippen LogP contribution in [0.25, 0.3) is 33.3 Å². The van der Waals surface area contributed by atoms with Gasteiger partial charge in [-0.15, -0.1) is 0 Å². The van der Waals surface area contributed by atoms with Gasteiger partial charge in [0, 0.05) is 32.5 Å². The Labute approximate surface area is 239 Å². The fourth-order valence-electron chi connectivity index (χ4n) is 4.34. The second-order valence-corrected chi connectivity index (χ2v) is 17.9. The first-order chi connectivity index (χ1) is 18.9. The Morgan fingerprint density at radius 2 is 1.85 bits per heavy atom. The van der Waals surface area contributed by atoms with Gasteiger partial charge in [0.25, 0.3) is 0 Å². The lowest BCUT2D eigenvalue weighted by Crippen LogP contribution is -2.26. The first-order valence-electron chi connectivity index (χ1n) is 13.3. The van der Waals surface area contributed by atoms with Crippen molar-refractivity contribution in [3.63, 3.8) is 0 Å². The van der Waals surface area contributed by atoms with Crippen molar-refractivity contribution in [2.75, 3.05) is 6.61 Å². The number of aromatic nitrogens is 6. The van der Waals surface area contributed by atoms with Crippen molar-refractivity contribution in [2.45, 2.75) is 65.3 Å². The molecule has 0 spiro atoms. The third-order valence-electron chi connectivity index (χ3n) is 6.45. The number of rotatable bonds is 10. The lowest BCUT2D eigenvalue weighted by molar-refractivity contribution is 0.0577. The highest BCUT2D eigenvalue weighted by Gasteiger charge is 2.17. The molecule has 0 unspecified atom stereocenters. The van der Waals surface area contributed by atoms with E-state index in [0.29, 0.717) is 46.5 Å². The maximum Gasteiger partial charge on any atom is 0.148 e. The molecule has 3 aromatic heterocycles. The van der Waals surface area contributed by atoms with Gasteiger partial charge in [0.1, 0.15) is 34.6 Å². The minimum Gasteiger partial charge on any atom is -0.456 e. The molecule has 0 saturated carbocycles. The van der Waals surface area contributed by atoms with Gasteiger partial charge in [-0.2, -0.15) is 5.10 Å². The van der Waals surface area contributed by atoms with E-state index in [0.717, 1.165) is 35.1 Å². The number of imidazole rings is 1. The van der Waals surface area contributed by atoms with Gasteiger partial charge in [-0.3, -0.25) is 9.67 Å². The van der Waals surface area contributed by atoms with Crippen LogP contribution in [0.3, 0.4) is 0 Å². The number of nitrogens with zero attached hydrogens (tertiary/aromatic N) is 6. The molecule has 0 aliphatic carbocycles. The number of hydrogen-bond donors (Lipinski definition) is 1. The van der Waals surface area contributed by atoms with Crippen LogP contribution in [0.5, 0.6) is 11.5 Å². The van der Waals surface area contributed by atoms with Gasteiger partial charge in [0.05, 0.1) is 46.8 Å². The molecule has 0 saturated heterocycles. The number of aliphatic hydroxyl groups is 1. The number of halogens is 1. The van der Waals surface area contributed by atoms with Crippen molar-refractivity contribution >= 4 is 41.7 Å². The molecule has 0 atom stereocenters. The van der Waals surface area contributed by atoms with E-state index in [2.05, 4.69) is 34.3 Å². The van der Waals surface area contributed by atoms with Gasteiger partial charge in [0.2, 0.25) is 0 Å². The van der Waals surface area contributed by atoms with Crippen molar-refractivity contribution in [2.24, 2.45) is 0 Å². The van der Waals surface area contributed by atoms with Gasteiger partial charge < -0.3 is 19.1 Å². The molecule has 3 heterocycles. The summed E-state index contributed by atoms with van der Waals surface area (Å²) in [7, 11) is -1.14. The summed E-state index contributed by atoms with van der Waals surface area (Å²) < 4.78 is 15.9. The number of fused-ring (bicyclic) bond motifs is 2. The predicted molar refractivity (Wildman–Crippen MR) is 161 cm³/mol. The van der Waals surface area contributed by atoms with Crippen molar-refractivity contribution in [1.82, 2.24) is 29.3 Å². The van der Waals surface area contributed by atoms with Crippen molar-refractivity contribution in [1.29, 1.82) is 0 Å². The Balaban J connectivity index is 1.36. The molecule has 1 N–H and O–H groups in total. The zero-order valence-electron chi connectivity index (χ0n) is 23.8. The Hall–Kier alpha value is -3.31. The van der Waals surface area contributed by atoms with Crippen molar-refractivity contribution in [3.05, 3.63) is 59.8 Å². The van der Waals surface area contributed by atoms with E-state index in [4.69, 9.17) is 31.0 Å². The minimum atomic E-state index is -1.14. The van der Waals surface area contributed by atoms with Crippen LogP contribution in [0.1, 0.15) is 19.7 Å². The lowest BCUT2D eigenvalue weighted by Gasteiger charge is -2.16. The Kier molecular flexibility index (Phi) is 7.71. The van der Waals surface area contributed by atoms with E-state index >= 15 is 0 Å². The first-order valence-corrected chi connectivity index (χ1v) is 17.4. The Morgan fingerprint density at radius 3 is 2.60 bits per heavy atom. The van der Waals surface area contributed by atoms with Gasteiger partial charge in [-0.1, -0.05) is 31.2 Å². The monoisotopic (exact) mass is 578 g/mol. The molecule has 5 rings (SSSR count). The van der Waals surface area contributed by atoms with E-state index < -0.39 is 13.7 Å². The second kappa shape index (κ2) is 10.9. The number of hydrogen-bond acceptors (Lipinski definition) is 7. The first kappa shape index (κ1) is 28.2. The average Bonchev–Trinajstić information content (AvgIpc) is 3.45. The zero-order chi connectivity index (χ0) is 28.7. The maximum atomic E-state index is 10.1. The third kappa shape index (κ3) is 6.52. The average molecular weight is 579 g/mol. The normalized spacial score (nSPS) is 12.5. The lowest BCUT2D eigenvalue weighted by atomic mass is 10.1. The Morgan fingerprint density at radius 1 is 1.05 bits per heavy atom. The summed E-state index contributed by atoms with van der Waals surface area (Å²) in [5.74, 6) is 1.98. The van der Waals surface area contributed by atoms with Crippen LogP contribution in [0.4, 0.5) is 0 Å². The van der Waals surface area contributed by atoms with Gasteiger partial charge in [-0.05, 0) is 51.1 Å². The fourth-order valence-corrected chi connectivity index (χ4v) is 5.34. The highest BCUT2D eigenvalue weighted by atomic mass is 35.5. The van der Waals surface area contributed by atoms with Gasteiger partial charge in [0.15, 0.2) is 0 Å². The molecule has 2 aromatic carbocycles. The number of aryl methyl sites for hydroxylation is 1. The summed E-state index contributed by atoms with van der Waals surface area (Å²) in [5, 5.41) is 14.8. The van der Waals surface area contributed by atoms with Crippen LogP contribution >= 0.6 is 11.6 Å². The molecule has 0 fully saturated rings.